The molecular weight excluding hydrogens is 264 g/mol. The molecule has 0 radical (unpaired) electrons. The van der Waals surface area contributed by atoms with E-state index in [4.69, 9.17) is 4.74 Å². The number of hydrogen-bond acceptors (Lipinski definition) is 6. The van der Waals surface area contributed by atoms with Crippen molar-refractivity contribution in [2.45, 2.75) is 32.8 Å². The van der Waals surface area contributed by atoms with Gasteiger partial charge in [-0.05, 0) is 19.8 Å². The van der Waals surface area contributed by atoms with Crippen LogP contribution in [-0.4, -0.2) is 41.9 Å². The minimum atomic E-state index is -0.152. The summed E-state index contributed by atoms with van der Waals surface area (Å²) in [5.74, 6) is 0.246. The van der Waals surface area contributed by atoms with Gasteiger partial charge in [0, 0.05) is 25.6 Å². The second kappa shape index (κ2) is 6.81. The molecule has 2 N–H and O–H groups in total. The van der Waals surface area contributed by atoms with Gasteiger partial charge in [0.05, 0.1) is 6.10 Å². The fourth-order valence-electron chi connectivity index (χ4n) is 1.96. The van der Waals surface area contributed by atoms with E-state index in [1.807, 2.05) is 6.92 Å². The zero-order chi connectivity index (χ0) is 13.7. The van der Waals surface area contributed by atoms with Crippen molar-refractivity contribution in [3.05, 3.63) is 5.01 Å². The molecule has 1 aromatic rings. The number of nitrogens with zero attached hydrogens (tertiary/aromatic N) is 2. The van der Waals surface area contributed by atoms with Crippen molar-refractivity contribution < 1.29 is 9.53 Å². The first kappa shape index (κ1) is 14.2. The van der Waals surface area contributed by atoms with Gasteiger partial charge in [0.25, 0.3) is 5.91 Å². The Labute approximate surface area is 116 Å². The number of nitrogens with one attached hydrogen (secondary N) is 2. The molecule has 2 atom stereocenters. The van der Waals surface area contributed by atoms with Crippen LogP contribution in [0.25, 0.3) is 0 Å². The lowest BCUT2D eigenvalue weighted by Gasteiger charge is -2.13. The minimum Gasteiger partial charge on any atom is -0.378 e. The van der Waals surface area contributed by atoms with Gasteiger partial charge in [-0.15, -0.1) is 10.2 Å². The van der Waals surface area contributed by atoms with E-state index in [-0.39, 0.29) is 12.0 Å². The van der Waals surface area contributed by atoms with Crippen LogP contribution in [-0.2, 0) is 4.74 Å². The molecule has 6 nitrogen and oxygen atoms in total. The van der Waals surface area contributed by atoms with Crippen LogP contribution in [0.5, 0.6) is 0 Å². The molecule has 2 rings (SSSR count). The molecule has 1 saturated heterocycles. The normalized spacial score (nSPS) is 22.4. The van der Waals surface area contributed by atoms with Crippen molar-refractivity contribution in [1.82, 2.24) is 15.5 Å². The van der Waals surface area contributed by atoms with E-state index in [0.717, 1.165) is 26.0 Å². The third-order valence-corrected chi connectivity index (χ3v) is 4.08. The van der Waals surface area contributed by atoms with Crippen LogP contribution in [0, 0.1) is 5.92 Å². The summed E-state index contributed by atoms with van der Waals surface area (Å²) in [6.07, 6.45) is 2.23. The maximum Gasteiger partial charge on any atom is 0.282 e. The SMILES string of the molecule is CCCNc1nnc(C(=O)NCC2CCOC2C)s1. The number of anilines is 1. The van der Waals surface area contributed by atoms with Crippen LogP contribution in [0.2, 0.25) is 0 Å². The van der Waals surface area contributed by atoms with Gasteiger partial charge in [-0.2, -0.15) is 0 Å². The first-order valence-electron chi connectivity index (χ1n) is 6.68. The van der Waals surface area contributed by atoms with Crippen LogP contribution in [0.4, 0.5) is 5.13 Å². The van der Waals surface area contributed by atoms with E-state index in [1.54, 1.807) is 0 Å². The molecule has 1 aromatic heterocycles. The molecule has 0 aromatic carbocycles. The van der Waals surface area contributed by atoms with Crippen molar-refractivity contribution in [2.75, 3.05) is 25.0 Å². The van der Waals surface area contributed by atoms with Crippen LogP contribution in [0.1, 0.15) is 36.5 Å². The average molecular weight is 284 g/mol. The zero-order valence-corrected chi connectivity index (χ0v) is 12.1. The summed E-state index contributed by atoms with van der Waals surface area (Å²) < 4.78 is 5.47. The lowest BCUT2D eigenvalue weighted by Crippen LogP contribution is -2.31. The van der Waals surface area contributed by atoms with Crippen LogP contribution < -0.4 is 10.6 Å². The summed E-state index contributed by atoms with van der Waals surface area (Å²) in [5, 5.41) is 15.0. The molecular formula is C12H20N4O2S. The highest BCUT2D eigenvalue weighted by molar-refractivity contribution is 7.17. The van der Waals surface area contributed by atoms with Crippen LogP contribution in [0.15, 0.2) is 0 Å². The van der Waals surface area contributed by atoms with Gasteiger partial charge in [-0.3, -0.25) is 4.79 Å². The molecule has 7 heteroatoms. The molecule has 0 spiro atoms. The Bertz CT molecular complexity index is 424. The minimum absolute atomic E-state index is 0.152. The van der Waals surface area contributed by atoms with Crippen molar-refractivity contribution in [3.8, 4) is 0 Å². The molecule has 1 aliphatic rings. The van der Waals surface area contributed by atoms with Crippen molar-refractivity contribution in [3.63, 3.8) is 0 Å². The van der Waals surface area contributed by atoms with E-state index in [9.17, 15) is 4.79 Å². The smallest absolute Gasteiger partial charge is 0.282 e. The molecule has 2 unspecified atom stereocenters. The molecule has 106 valence electrons. The number of rotatable bonds is 6. The topological polar surface area (TPSA) is 76.1 Å². The van der Waals surface area contributed by atoms with Crippen LogP contribution in [0.3, 0.4) is 0 Å². The summed E-state index contributed by atoms with van der Waals surface area (Å²) >= 11 is 1.29. The maximum absolute atomic E-state index is 11.9. The molecule has 1 amide bonds. The van der Waals surface area contributed by atoms with Crippen molar-refractivity contribution >= 4 is 22.4 Å². The molecule has 0 saturated carbocycles. The highest BCUT2D eigenvalue weighted by atomic mass is 32.1. The second-order valence-electron chi connectivity index (χ2n) is 4.67. The number of hydrogen-bond donors (Lipinski definition) is 2. The maximum atomic E-state index is 11.9. The van der Waals surface area contributed by atoms with Gasteiger partial charge in [0.15, 0.2) is 0 Å². The van der Waals surface area contributed by atoms with E-state index >= 15 is 0 Å². The fourth-order valence-corrected chi connectivity index (χ4v) is 2.65. The van der Waals surface area contributed by atoms with Crippen LogP contribution >= 0.6 is 11.3 Å². The highest BCUT2D eigenvalue weighted by Gasteiger charge is 2.25. The first-order valence-corrected chi connectivity index (χ1v) is 7.49. The third kappa shape index (κ3) is 3.87. The number of aromatic nitrogens is 2. The van der Waals surface area contributed by atoms with E-state index < -0.39 is 0 Å². The Hall–Kier alpha value is -1.21. The molecule has 1 fully saturated rings. The Morgan fingerprint density at radius 1 is 1.53 bits per heavy atom. The van der Waals surface area contributed by atoms with E-state index in [0.29, 0.717) is 22.6 Å². The fraction of sp³-hybridized carbons (Fsp3) is 0.750. The monoisotopic (exact) mass is 284 g/mol. The van der Waals surface area contributed by atoms with Gasteiger partial charge in [-0.25, -0.2) is 0 Å². The number of ether oxygens (including phenoxy) is 1. The summed E-state index contributed by atoms with van der Waals surface area (Å²) in [5.41, 5.74) is 0. The summed E-state index contributed by atoms with van der Waals surface area (Å²) in [6.45, 7) is 6.38. The Morgan fingerprint density at radius 2 is 2.37 bits per heavy atom. The third-order valence-electron chi connectivity index (χ3n) is 3.20. The predicted molar refractivity (Wildman–Crippen MR) is 74.5 cm³/mol. The zero-order valence-electron chi connectivity index (χ0n) is 11.3. The van der Waals surface area contributed by atoms with Gasteiger partial charge < -0.3 is 15.4 Å². The van der Waals surface area contributed by atoms with E-state index in [2.05, 4.69) is 27.8 Å². The molecule has 0 bridgehead atoms. The molecule has 19 heavy (non-hydrogen) atoms. The van der Waals surface area contributed by atoms with Gasteiger partial charge in [-0.1, -0.05) is 18.3 Å². The second-order valence-corrected chi connectivity index (χ2v) is 5.65. The largest absolute Gasteiger partial charge is 0.378 e. The van der Waals surface area contributed by atoms with Gasteiger partial charge in [0.1, 0.15) is 0 Å². The summed E-state index contributed by atoms with van der Waals surface area (Å²) in [4.78, 5) is 11.9. The Balaban J connectivity index is 1.80. The molecule has 1 aliphatic heterocycles. The number of carbonyl (C=O) groups is 1. The summed E-state index contributed by atoms with van der Waals surface area (Å²) in [6, 6.07) is 0. The number of carbonyl (C=O) groups excluding carboxylic acids is 1. The average Bonchev–Trinajstić information content (AvgIpc) is 3.03. The highest BCUT2D eigenvalue weighted by Crippen LogP contribution is 2.20. The predicted octanol–water partition coefficient (Wildman–Crippen LogP) is 1.51. The van der Waals surface area contributed by atoms with Gasteiger partial charge in [0.2, 0.25) is 10.1 Å². The lowest BCUT2D eigenvalue weighted by atomic mass is 10.0. The summed E-state index contributed by atoms with van der Waals surface area (Å²) in [7, 11) is 0. The van der Waals surface area contributed by atoms with Crippen molar-refractivity contribution in [2.24, 2.45) is 5.92 Å². The Kier molecular flexibility index (Phi) is 5.09. The Morgan fingerprint density at radius 3 is 3.05 bits per heavy atom. The number of amides is 1. The molecule has 2 heterocycles. The van der Waals surface area contributed by atoms with Crippen molar-refractivity contribution in [1.29, 1.82) is 0 Å². The standard InChI is InChI=1S/C12H20N4O2S/c1-3-5-13-12-16-15-11(19-12)10(17)14-7-9-4-6-18-8(9)2/h8-9H,3-7H2,1-2H3,(H,13,16)(H,14,17). The lowest BCUT2D eigenvalue weighted by molar-refractivity contribution is 0.0906. The first-order chi connectivity index (χ1) is 9.20. The van der Waals surface area contributed by atoms with E-state index in [1.165, 1.54) is 11.3 Å². The molecule has 0 aliphatic carbocycles. The quantitative estimate of drug-likeness (QED) is 0.828. The van der Waals surface area contributed by atoms with Gasteiger partial charge >= 0.3 is 0 Å².